The van der Waals surface area contributed by atoms with Crippen molar-refractivity contribution in [1.29, 1.82) is 0 Å². The highest BCUT2D eigenvalue weighted by Crippen LogP contribution is 2.20. The molecule has 0 amide bonds. The van der Waals surface area contributed by atoms with Gasteiger partial charge < -0.3 is 14.6 Å². The van der Waals surface area contributed by atoms with Crippen LogP contribution in [0.5, 0.6) is 0 Å². The van der Waals surface area contributed by atoms with Crippen molar-refractivity contribution in [2.75, 3.05) is 13.2 Å². The van der Waals surface area contributed by atoms with Gasteiger partial charge in [0.25, 0.3) is 0 Å². The number of ether oxygens (including phenoxy) is 2. The monoisotopic (exact) mass is 1300 g/mol. The van der Waals surface area contributed by atoms with Crippen molar-refractivity contribution in [2.24, 2.45) is 0 Å². The Balaban J connectivity index is 3.39. The zero-order valence-electron chi connectivity index (χ0n) is 62.5. The highest BCUT2D eigenvalue weighted by Gasteiger charge is 2.16. The van der Waals surface area contributed by atoms with Gasteiger partial charge in [-0.15, -0.1) is 0 Å². The van der Waals surface area contributed by atoms with Gasteiger partial charge in [-0.05, 0) is 70.6 Å². The highest BCUT2D eigenvalue weighted by atomic mass is 16.6. The molecule has 0 rings (SSSR count). The third-order valence-electron chi connectivity index (χ3n) is 19.0. The maximum atomic E-state index is 12.4. The normalized spacial score (nSPS) is 12.6. The quantitative estimate of drug-likeness (QED) is 0.0373. The molecule has 0 aromatic carbocycles. The van der Waals surface area contributed by atoms with Crippen molar-refractivity contribution in [3.63, 3.8) is 0 Å². The Labute approximate surface area is 581 Å². The average Bonchev–Trinajstić information content (AvgIpc) is 3.59. The van der Waals surface area contributed by atoms with E-state index in [-0.39, 0.29) is 25.2 Å². The Kier molecular flexibility index (Phi) is 80.7. The van der Waals surface area contributed by atoms with E-state index in [1.807, 2.05) is 0 Å². The topological polar surface area (TPSA) is 72.8 Å². The van der Waals surface area contributed by atoms with Crippen LogP contribution in [0.4, 0.5) is 0 Å². The Morgan fingerprint density at radius 1 is 0.258 bits per heavy atom. The van der Waals surface area contributed by atoms with Crippen molar-refractivity contribution in [3.8, 4) is 0 Å². The number of carbonyl (C=O) groups is 2. The van der Waals surface area contributed by atoms with Crippen LogP contribution in [0.15, 0.2) is 85.1 Å². The molecule has 0 radical (unpaired) electrons. The molecule has 0 aromatic heterocycles. The standard InChI is InChI=1S/C88H160O5/c1-3-5-7-9-11-13-15-17-19-21-23-25-27-29-31-33-35-37-39-41-43-44-45-47-49-51-53-55-57-59-61-63-65-67-69-71-73-75-77-79-81-83-88(91)93-86(84-89)85-92-87(90)82-80-78-76-74-72-70-68-66-64-62-60-58-56-54-52-50-48-46-42-40-38-36-34-32-30-28-26-24-22-20-18-16-14-12-10-8-6-4-2/h5,7,11,13,17,19,23,25,29,31,35,37,41,43,86,89H,3-4,6,8-10,12,14-16,18,20-22,24,26-28,30,32-34,36,38-40,42,44-85H2,1-2H3/b7-5-,13-11-,19-17-,25-23-,31-29-,37-35-,43-41-. The van der Waals surface area contributed by atoms with Crippen LogP contribution in [-0.2, 0) is 19.1 Å². The van der Waals surface area contributed by atoms with Gasteiger partial charge in [-0.3, -0.25) is 9.59 Å². The van der Waals surface area contributed by atoms with Gasteiger partial charge in [0.15, 0.2) is 6.10 Å². The minimum atomic E-state index is -0.773. The number of carbonyl (C=O) groups excluding carboxylic acids is 2. The second-order valence-electron chi connectivity index (χ2n) is 28.2. The van der Waals surface area contributed by atoms with Crippen molar-refractivity contribution in [1.82, 2.24) is 0 Å². The minimum absolute atomic E-state index is 0.0611. The summed E-state index contributed by atoms with van der Waals surface area (Å²) in [6.07, 6.45) is 118. The van der Waals surface area contributed by atoms with Gasteiger partial charge in [-0.25, -0.2) is 0 Å². The maximum Gasteiger partial charge on any atom is 0.306 e. The lowest BCUT2D eigenvalue weighted by atomic mass is 10.0. The molecule has 0 fully saturated rings. The Morgan fingerprint density at radius 2 is 0.462 bits per heavy atom. The lowest BCUT2D eigenvalue weighted by Crippen LogP contribution is -2.28. The van der Waals surface area contributed by atoms with Crippen LogP contribution in [0.3, 0.4) is 0 Å². The van der Waals surface area contributed by atoms with E-state index in [0.717, 1.165) is 77.0 Å². The van der Waals surface area contributed by atoms with Gasteiger partial charge in [0.05, 0.1) is 6.61 Å². The summed E-state index contributed by atoms with van der Waals surface area (Å²) in [4.78, 5) is 24.7. The predicted molar refractivity (Wildman–Crippen MR) is 413 cm³/mol. The van der Waals surface area contributed by atoms with E-state index in [1.165, 1.54) is 340 Å². The molecule has 5 nitrogen and oxygen atoms in total. The first-order valence-corrected chi connectivity index (χ1v) is 41.6. The first-order chi connectivity index (χ1) is 46.1. The molecule has 0 heterocycles. The third kappa shape index (κ3) is 81.4. The predicted octanol–water partition coefficient (Wildman–Crippen LogP) is 29.5. The molecule has 0 spiro atoms. The number of allylic oxidation sites excluding steroid dienone is 14. The number of esters is 2. The first-order valence-electron chi connectivity index (χ1n) is 41.6. The van der Waals surface area contributed by atoms with Gasteiger partial charge in [-0.1, -0.05) is 446 Å². The summed E-state index contributed by atoms with van der Waals surface area (Å²) in [6.45, 7) is 4.09. The van der Waals surface area contributed by atoms with Crippen molar-refractivity contribution in [2.45, 2.75) is 450 Å². The van der Waals surface area contributed by atoms with Crippen LogP contribution in [0, 0.1) is 0 Å². The molecule has 1 unspecified atom stereocenters. The van der Waals surface area contributed by atoms with Crippen LogP contribution >= 0.6 is 0 Å². The summed E-state index contributed by atoms with van der Waals surface area (Å²) < 4.78 is 10.8. The smallest absolute Gasteiger partial charge is 0.306 e. The van der Waals surface area contributed by atoms with Crippen LogP contribution in [0.25, 0.3) is 0 Å². The molecule has 0 bridgehead atoms. The van der Waals surface area contributed by atoms with E-state index in [4.69, 9.17) is 9.47 Å². The molecular weight excluding hydrogens is 1140 g/mol. The Bertz CT molecular complexity index is 1670. The number of aliphatic hydroxyl groups excluding tert-OH is 1. The maximum absolute atomic E-state index is 12.4. The van der Waals surface area contributed by atoms with E-state index in [1.54, 1.807) is 0 Å². The minimum Gasteiger partial charge on any atom is -0.462 e. The first kappa shape index (κ1) is 90.1. The average molecular weight is 1300 g/mol. The Morgan fingerprint density at radius 3 is 0.699 bits per heavy atom. The number of aliphatic hydroxyl groups is 1. The van der Waals surface area contributed by atoms with Gasteiger partial charge in [0, 0.05) is 12.8 Å². The van der Waals surface area contributed by atoms with E-state index < -0.39 is 6.10 Å². The molecular formula is C88H160O5. The summed E-state index contributed by atoms with van der Waals surface area (Å²) in [6, 6.07) is 0. The van der Waals surface area contributed by atoms with E-state index in [0.29, 0.717) is 12.8 Å². The molecule has 0 saturated carbocycles. The highest BCUT2D eigenvalue weighted by molar-refractivity contribution is 5.70. The van der Waals surface area contributed by atoms with E-state index >= 15 is 0 Å². The van der Waals surface area contributed by atoms with E-state index in [2.05, 4.69) is 98.9 Å². The molecule has 0 aliphatic heterocycles. The lowest BCUT2D eigenvalue weighted by Gasteiger charge is -2.15. The number of hydrogen-bond donors (Lipinski definition) is 1. The largest absolute Gasteiger partial charge is 0.462 e. The zero-order valence-corrected chi connectivity index (χ0v) is 62.5. The van der Waals surface area contributed by atoms with Crippen molar-refractivity contribution < 1.29 is 24.2 Å². The fourth-order valence-electron chi connectivity index (χ4n) is 12.8. The molecule has 0 aromatic rings. The Hall–Kier alpha value is -2.92. The number of rotatable bonds is 78. The van der Waals surface area contributed by atoms with Gasteiger partial charge >= 0.3 is 11.9 Å². The van der Waals surface area contributed by atoms with Crippen LogP contribution in [0.1, 0.15) is 444 Å². The van der Waals surface area contributed by atoms with Crippen LogP contribution in [-0.4, -0.2) is 36.4 Å². The molecule has 0 aliphatic carbocycles. The fourth-order valence-corrected chi connectivity index (χ4v) is 12.8. The summed E-state index contributed by atoms with van der Waals surface area (Å²) in [5, 5.41) is 9.74. The van der Waals surface area contributed by atoms with Crippen molar-refractivity contribution in [3.05, 3.63) is 85.1 Å². The van der Waals surface area contributed by atoms with Crippen LogP contribution < -0.4 is 0 Å². The summed E-state index contributed by atoms with van der Waals surface area (Å²) in [5.41, 5.74) is 0. The lowest BCUT2D eigenvalue weighted by molar-refractivity contribution is -0.161. The molecule has 1 atom stereocenters. The van der Waals surface area contributed by atoms with Gasteiger partial charge in [0.1, 0.15) is 6.61 Å². The zero-order chi connectivity index (χ0) is 66.8. The number of hydrogen-bond acceptors (Lipinski definition) is 5. The van der Waals surface area contributed by atoms with Crippen LogP contribution in [0.2, 0.25) is 0 Å². The molecule has 542 valence electrons. The van der Waals surface area contributed by atoms with Gasteiger partial charge in [0.2, 0.25) is 0 Å². The molecule has 0 aliphatic rings. The second-order valence-corrected chi connectivity index (χ2v) is 28.2. The molecule has 5 heteroatoms. The molecule has 93 heavy (non-hydrogen) atoms. The molecule has 1 N–H and O–H groups in total. The second kappa shape index (κ2) is 83.3. The summed E-state index contributed by atoms with van der Waals surface area (Å²) >= 11 is 0. The third-order valence-corrected chi connectivity index (χ3v) is 19.0. The van der Waals surface area contributed by atoms with E-state index in [9.17, 15) is 14.7 Å². The fraction of sp³-hybridized carbons (Fsp3) is 0.818. The van der Waals surface area contributed by atoms with Gasteiger partial charge in [-0.2, -0.15) is 0 Å². The SMILES string of the molecule is CC/C=C\C/C=C\C/C=C\C/C=C\C/C=C\C/C=C\C/C=C\CCCCCCCCCCCCCCCCCCCCCC(=O)OC(CO)COC(=O)CCCCCCCCCCCCCCCCCCCCCCCCCCCCCCCCCCCCCCCC. The summed E-state index contributed by atoms with van der Waals surface area (Å²) in [7, 11) is 0. The van der Waals surface area contributed by atoms with Crippen molar-refractivity contribution >= 4 is 11.9 Å². The molecule has 0 saturated heterocycles. The summed E-state index contributed by atoms with van der Waals surface area (Å²) in [5.74, 6) is -0.567. The number of unbranched alkanes of at least 4 members (excludes halogenated alkanes) is 56.